The third-order valence-electron chi connectivity index (χ3n) is 6.14. The molecule has 137 valence electrons. The van der Waals surface area contributed by atoms with E-state index in [4.69, 9.17) is 0 Å². The van der Waals surface area contributed by atoms with Crippen molar-refractivity contribution < 1.29 is 19.8 Å². The summed E-state index contributed by atoms with van der Waals surface area (Å²) in [4.78, 5) is 0. The van der Waals surface area contributed by atoms with Crippen LogP contribution in [0.4, 0.5) is 0 Å². The number of rotatable bonds is 4. The summed E-state index contributed by atoms with van der Waals surface area (Å²) in [5.74, 6) is 0. The molecular weight excluding hydrogens is 420 g/mol. The summed E-state index contributed by atoms with van der Waals surface area (Å²) in [7, 11) is -1.26. The first-order chi connectivity index (χ1) is 12.9. The Morgan fingerprint density at radius 3 is 2.37 bits per heavy atom. The summed E-state index contributed by atoms with van der Waals surface area (Å²) in [5.41, 5.74) is 4.37. The van der Waals surface area contributed by atoms with E-state index in [-0.39, 0.29) is 0 Å². The predicted octanol–water partition coefficient (Wildman–Crippen LogP) is 6.90. The average Bonchev–Trinajstić information content (AvgIpc) is 3.30. The minimum atomic E-state index is -2.82. The molecule has 0 aromatic heterocycles. The zero-order valence-electron chi connectivity index (χ0n) is 16.9. The van der Waals surface area contributed by atoms with E-state index in [2.05, 4.69) is 107 Å². The second-order valence-electron chi connectivity index (χ2n) is 9.09. The van der Waals surface area contributed by atoms with Gasteiger partial charge < -0.3 is 0 Å². The predicted molar refractivity (Wildman–Crippen MR) is 120 cm³/mol. The van der Waals surface area contributed by atoms with Gasteiger partial charge in [0.15, 0.2) is 0 Å². The van der Waals surface area contributed by atoms with Crippen molar-refractivity contribution in [1.29, 1.82) is 0 Å². The van der Waals surface area contributed by atoms with E-state index in [1.54, 1.807) is 14.0 Å². The van der Waals surface area contributed by atoms with Crippen molar-refractivity contribution in [2.75, 3.05) is 0 Å². The molecular formula is C25H29SiZr. The van der Waals surface area contributed by atoms with E-state index < -0.39 is 27.9 Å². The first-order valence-corrected chi connectivity index (χ1v) is 20.0. The molecule has 2 unspecified atom stereocenters. The SMILES string of the molecule is C[Si](C)(C)C1=CC[C]([Zr]([CH3])(=[CH]c2ccccc2)[CH]2C=Cc3ccccc32)=C1. The van der Waals surface area contributed by atoms with E-state index in [0.29, 0.717) is 3.63 Å². The van der Waals surface area contributed by atoms with Gasteiger partial charge in [-0.3, -0.25) is 0 Å². The number of benzene rings is 2. The number of allylic oxidation sites excluding steroid dienone is 5. The van der Waals surface area contributed by atoms with Gasteiger partial charge in [-0.2, -0.15) is 0 Å². The van der Waals surface area contributed by atoms with Crippen LogP contribution in [0.3, 0.4) is 0 Å². The fraction of sp³-hybridized carbons (Fsp3) is 0.240. The summed E-state index contributed by atoms with van der Waals surface area (Å²) in [6.07, 6.45) is 11.2. The quantitative estimate of drug-likeness (QED) is 0.446. The molecule has 0 radical (unpaired) electrons. The molecule has 2 atom stereocenters. The molecule has 0 fully saturated rings. The Labute approximate surface area is 169 Å². The molecule has 2 aromatic rings. The van der Waals surface area contributed by atoms with E-state index >= 15 is 0 Å². The molecule has 0 amide bonds. The molecule has 0 N–H and O–H groups in total. The monoisotopic (exact) mass is 447 g/mol. The van der Waals surface area contributed by atoms with Crippen LogP contribution in [-0.2, 0) is 19.8 Å². The molecule has 27 heavy (non-hydrogen) atoms. The fourth-order valence-corrected chi connectivity index (χ4v) is 16.1. The van der Waals surface area contributed by atoms with Crippen LogP contribution in [0.5, 0.6) is 0 Å². The van der Waals surface area contributed by atoms with Gasteiger partial charge in [0.05, 0.1) is 0 Å². The van der Waals surface area contributed by atoms with Crippen LogP contribution in [0, 0.1) is 0 Å². The van der Waals surface area contributed by atoms with Crippen molar-refractivity contribution in [3.63, 3.8) is 0 Å². The van der Waals surface area contributed by atoms with Gasteiger partial charge in [-0.25, -0.2) is 0 Å². The van der Waals surface area contributed by atoms with Crippen molar-refractivity contribution in [1.82, 2.24) is 0 Å². The molecule has 4 rings (SSSR count). The molecule has 2 aromatic carbocycles. The van der Waals surface area contributed by atoms with Crippen molar-refractivity contribution in [2.45, 2.75) is 34.3 Å². The van der Waals surface area contributed by atoms with Crippen LogP contribution in [0.1, 0.15) is 26.7 Å². The molecule has 0 aliphatic heterocycles. The van der Waals surface area contributed by atoms with Gasteiger partial charge in [0.2, 0.25) is 0 Å². The molecule has 0 saturated carbocycles. The molecule has 2 aliphatic rings. The van der Waals surface area contributed by atoms with Crippen LogP contribution in [-0.4, -0.2) is 11.8 Å². The zero-order valence-corrected chi connectivity index (χ0v) is 20.3. The number of hydrogen-bond acceptors (Lipinski definition) is 0. The third kappa shape index (κ3) is 3.67. The molecule has 0 nitrogen and oxygen atoms in total. The maximum absolute atomic E-state index is 2.82. The van der Waals surface area contributed by atoms with Crippen LogP contribution in [0.2, 0.25) is 24.3 Å². The van der Waals surface area contributed by atoms with Gasteiger partial charge in [0.1, 0.15) is 0 Å². The zero-order chi connectivity index (χ0) is 19.1. The summed E-state index contributed by atoms with van der Waals surface area (Å²) >= 11 is -2.82. The van der Waals surface area contributed by atoms with E-state index in [1.165, 1.54) is 17.5 Å². The van der Waals surface area contributed by atoms with E-state index in [1.807, 2.05) is 0 Å². The van der Waals surface area contributed by atoms with Gasteiger partial charge in [0, 0.05) is 0 Å². The van der Waals surface area contributed by atoms with Crippen LogP contribution < -0.4 is 0 Å². The Bertz CT molecular complexity index is 1000. The Kier molecular flexibility index (Phi) is 5.08. The normalized spacial score (nSPS) is 20.7. The second-order valence-corrected chi connectivity index (χ2v) is 24.3. The Morgan fingerprint density at radius 2 is 1.67 bits per heavy atom. The minimum absolute atomic E-state index is 0.594. The Balaban J connectivity index is 1.86. The molecule has 0 saturated heterocycles. The molecule has 2 heteroatoms. The average molecular weight is 449 g/mol. The second kappa shape index (κ2) is 7.22. The maximum atomic E-state index is 2.71. The van der Waals surface area contributed by atoms with Gasteiger partial charge in [0.25, 0.3) is 0 Å². The van der Waals surface area contributed by atoms with E-state index in [9.17, 15) is 0 Å². The van der Waals surface area contributed by atoms with Gasteiger partial charge >= 0.3 is 170 Å². The van der Waals surface area contributed by atoms with Crippen LogP contribution >= 0.6 is 0 Å². The molecule has 0 bridgehead atoms. The van der Waals surface area contributed by atoms with Crippen LogP contribution in [0.15, 0.2) is 81.3 Å². The third-order valence-corrected chi connectivity index (χ3v) is 19.2. The Hall–Kier alpha value is -1.37. The first kappa shape index (κ1) is 19.0. The standard InChI is InChI=1S/C9H7.C8H13Si.C7H6.CH3.Zr/c1-2-5-9-7-3-6-8(9)4-1;1-9(2,3)8-6-4-5-7-8;1-7-5-3-2-4-6-7;;/h1-7H;6-7H,4H2,1-3H3;1-6H;1H3;. The first-order valence-electron chi connectivity index (χ1n) is 9.98. The van der Waals surface area contributed by atoms with E-state index in [0.717, 1.165) is 0 Å². The summed E-state index contributed by atoms with van der Waals surface area (Å²) in [6.45, 7) is 7.41. The van der Waals surface area contributed by atoms with Crippen molar-refractivity contribution >= 4 is 17.9 Å². The van der Waals surface area contributed by atoms with Crippen molar-refractivity contribution in [2.24, 2.45) is 0 Å². The summed E-state index contributed by atoms with van der Waals surface area (Å²) in [6, 6.07) is 20.0. The Morgan fingerprint density at radius 1 is 0.963 bits per heavy atom. The molecule has 0 spiro atoms. The topological polar surface area (TPSA) is 0 Å². The van der Waals surface area contributed by atoms with Gasteiger partial charge in [-0.1, -0.05) is 0 Å². The van der Waals surface area contributed by atoms with Crippen LogP contribution in [0.25, 0.3) is 6.08 Å². The fourth-order valence-electron chi connectivity index (χ4n) is 4.47. The summed E-state index contributed by atoms with van der Waals surface area (Å²) in [5, 5.41) is 1.65. The number of hydrogen-bond donors (Lipinski definition) is 0. The summed E-state index contributed by atoms with van der Waals surface area (Å²) < 4.78 is 7.71. The van der Waals surface area contributed by atoms with Crippen molar-refractivity contribution in [3.05, 3.63) is 98.0 Å². The van der Waals surface area contributed by atoms with Gasteiger partial charge in [-0.05, 0) is 0 Å². The molecule has 2 aliphatic carbocycles. The van der Waals surface area contributed by atoms with Crippen molar-refractivity contribution in [3.8, 4) is 0 Å². The molecule has 0 heterocycles. The van der Waals surface area contributed by atoms with Gasteiger partial charge in [-0.15, -0.1) is 0 Å². The number of fused-ring (bicyclic) bond motifs is 1.